The lowest BCUT2D eigenvalue weighted by molar-refractivity contribution is 0.0525. The van der Waals surface area contributed by atoms with Crippen molar-refractivity contribution in [1.82, 2.24) is 4.90 Å². The highest BCUT2D eigenvalue weighted by Gasteiger charge is 2.42. The number of methoxy groups -OCH3 is 1. The minimum absolute atomic E-state index is 0.0769. The molecule has 0 spiro atoms. The summed E-state index contributed by atoms with van der Waals surface area (Å²) < 4.78 is 10.6. The van der Waals surface area contributed by atoms with Gasteiger partial charge >= 0.3 is 5.97 Å². The number of rotatable bonds is 6. The summed E-state index contributed by atoms with van der Waals surface area (Å²) in [6.45, 7) is 8.94. The molecular formula is C32H37N3O4. The highest BCUT2D eigenvalue weighted by molar-refractivity contribution is 5.98. The van der Waals surface area contributed by atoms with E-state index >= 15 is 0 Å². The summed E-state index contributed by atoms with van der Waals surface area (Å²) >= 11 is 0. The van der Waals surface area contributed by atoms with Gasteiger partial charge in [0.25, 0.3) is 5.91 Å². The van der Waals surface area contributed by atoms with Crippen LogP contribution in [0.25, 0.3) is 0 Å². The lowest BCUT2D eigenvalue weighted by atomic mass is 9.94. The predicted octanol–water partition coefficient (Wildman–Crippen LogP) is 6.38. The maximum absolute atomic E-state index is 14.1. The maximum atomic E-state index is 14.1. The van der Waals surface area contributed by atoms with Crippen molar-refractivity contribution in [2.75, 3.05) is 30.5 Å². The van der Waals surface area contributed by atoms with Crippen LogP contribution >= 0.6 is 0 Å². The van der Waals surface area contributed by atoms with Gasteiger partial charge in [-0.2, -0.15) is 0 Å². The Morgan fingerprint density at radius 2 is 1.69 bits per heavy atom. The molecule has 2 aliphatic heterocycles. The summed E-state index contributed by atoms with van der Waals surface area (Å²) in [5.74, 6) is 0.510. The van der Waals surface area contributed by atoms with Crippen molar-refractivity contribution in [1.29, 1.82) is 0 Å². The molecule has 0 aromatic heterocycles. The number of piperidine rings is 1. The highest BCUT2D eigenvalue weighted by atomic mass is 16.5. The Labute approximate surface area is 230 Å². The van der Waals surface area contributed by atoms with Crippen LogP contribution < -0.4 is 15.0 Å². The number of anilines is 3. The van der Waals surface area contributed by atoms with Gasteiger partial charge in [-0.15, -0.1) is 0 Å². The number of carbonyl (C=O) groups is 2. The van der Waals surface area contributed by atoms with Crippen LogP contribution in [0, 0.1) is 20.8 Å². The molecule has 0 radical (unpaired) electrons. The van der Waals surface area contributed by atoms with Crippen molar-refractivity contribution in [2.45, 2.75) is 59.2 Å². The number of hydrogen-bond donors (Lipinski definition) is 1. The van der Waals surface area contributed by atoms with E-state index in [4.69, 9.17) is 9.47 Å². The summed E-state index contributed by atoms with van der Waals surface area (Å²) in [6.07, 6.45) is 2.68. The maximum Gasteiger partial charge on any atom is 0.338 e. The molecular weight excluding hydrogens is 490 g/mol. The summed E-state index contributed by atoms with van der Waals surface area (Å²) in [6, 6.07) is 17.7. The molecule has 204 valence electrons. The monoisotopic (exact) mass is 527 g/mol. The van der Waals surface area contributed by atoms with Crippen LogP contribution in [0.4, 0.5) is 17.1 Å². The Morgan fingerprint density at radius 1 is 0.974 bits per heavy atom. The van der Waals surface area contributed by atoms with Crippen molar-refractivity contribution in [3.63, 3.8) is 0 Å². The molecule has 2 unspecified atom stereocenters. The van der Waals surface area contributed by atoms with Gasteiger partial charge in [-0.25, -0.2) is 4.79 Å². The first-order chi connectivity index (χ1) is 18.8. The van der Waals surface area contributed by atoms with Gasteiger partial charge in [0.15, 0.2) is 0 Å². The lowest BCUT2D eigenvalue weighted by Gasteiger charge is -2.43. The number of aryl methyl sites for hydroxylation is 3. The molecule has 1 saturated heterocycles. The van der Waals surface area contributed by atoms with E-state index in [1.54, 1.807) is 20.1 Å². The fraction of sp³-hybridized carbons (Fsp3) is 0.375. The second-order valence-corrected chi connectivity index (χ2v) is 10.4. The van der Waals surface area contributed by atoms with E-state index in [-0.39, 0.29) is 24.1 Å². The topological polar surface area (TPSA) is 71.1 Å². The number of nitrogens with zero attached hydrogens (tertiary/aromatic N) is 2. The Bertz CT molecular complexity index is 1360. The third-order valence-electron chi connectivity index (χ3n) is 7.76. The van der Waals surface area contributed by atoms with Gasteiger partial charge < -0.3 is 24.6 Å². The van der Waals surface area contributed by atoms with Crippen molar-refractivity contribution >= 4 is 28.9 Å². The van der Waals surface area contributed by atoms with E-state index < -0.39 is 0 Å². The fourth-order valence-electron chi connectivity index (χ4n) is 6.09. The molecule has 0 bridgehead atoms. The zero-order valence-electron chi connectivity index (χ0n) is 23.4. The van der Waals surface area contributed by atoms with Crippen molar-refractivity contribution in [2.24, 2.45) is 0 Å². The number of hydrogen-bond acceptors (Lipinski definition) is 6. The van der Waals surface area contributed by atoms with Gasteiger partial charge in [0, 0.05) is 17.8 Å². The average molecular weight is 528 g/mol. The molecule has 5 rings (SSSR count). The van der Waals surface area contributed by atoms with Crippen LogP contribution in [0.3, 0.4) is 0 Å². The zero-order chi connectivity index (χ0) is 27.7. The van der Waals surface area contributed by atoms with Crippen LogP contribution in [0.2, 0.25) is 0 Å². The molecule has 7 nitrogen and oxygen atoms in total. The molecule has 2 heterocycles. The molecule has 3 aromatic rings. The zero-order valence-corrected chi connectivity index (χ0v) is 23.4. The summed E-state index contributed by atoms with van der Waals surface area (Å²) in [5, 5.41) is 3.69. The molecule has 1 fully saturated rings. The Morgan fingerprint density at radius 3 is 2.36 bits per heavy atom. The molecule has 1 N–H and O–H groups in total. The summed E-state index contributed by atoms with van der Waals surface area (Å²) in [5.41, 5.74) is 7.26. The second-order valence-electron chi connectivity index (χ2n) is 10.4. The average Bonchev–Trinajstić information content (AvgIpc) is 3.31. The number of likely N-dealkylation sites (tertiary alicyclic amines) is 1. The van der Waals surface area contributed by atoms with Gasteiger partial charge in [-0.3, -0.25) is 4.79 Å². The number of ether oxygens (including phenoxy) is 2. The van der Waals surface area contributed by atoms with Crippen LogP contribution in [0.1, 0.15) is 63.6 Å². The smallest absolute Gasteiger partial charge is 0.338 e. The van der Waals surface area contributed by atoms with E-state index in [9.17, 15) is 9.59 Å². The Hall–Kier alpha value is -4.00. The van der Waals surface area contributed by atoms with Crippen LogP contribution in [-0.2, 0) is 4.74 Å². The van der Waals surface area contributed by atoms with Crippen LogP contribution in [0.15, 0.2) is 54.6 Å². The van der Waals surface area contributed by atoms with E-state index in [0.29, 0.717) is 18.7 Å². The Balaban J connectivity index is 1.56. The summed E-state index contributed by atoms with van der Waals surface area (Å²) in [4.78, 5) is 30.9. The molecule has 39 heavy (non-hydrogen) atoms. The normalized spacial score (nSPS) is 18.4. The Kier molecular flexibility index (Phi) is 7.51. The molecule has 1 amide bonds. The van der Waals surface area contributed by atoms with E-state index in [0.717, 1.165) is 64.3 Å². The minimum atomic E-state index is -0.346. The van der Waals surface area contributed by atoms with Crippen molar-refractivity contribution in [3.8, 4) is 5.75 Å². The molecule has 7 heteroatoms. The minimum Gasteiger partial charge on any atom is -0.497 e. The number of carbonyl (C=O) groups excluding carboxylic acids is 2. The standard InChI is InChI=1S/C32H37N3O4/c1-6-39-32(37)23-10-15-27-26(19-23)33-30(35(27)24-11-13-25(38-5)14-12-24)28-9-7-8-16-34(28)31(36)29-21(3)17-20(2)18-22(29)4/h10-15,17-19,28,30,33H,6-9,16H2,1-5H3. The molecule has 0 aliphatic carbocycles. The lowest BCUT2D eigenvalue weighted by Crippen LogP contribution is -2.56. The third kappa shape index (κ3) is 5.05. The third-order valence-corrected chi connectivity index (χ3v) is 7.76. The van der Waals surface area contributed by atoms with Gasteiger partial charge in [-0.1, -0.05) is 17.7 Å². The number of fused-ring (bicyclic) bond motifs is 1. The number of amides is 1. The first kappa shape index (κ1) is 26.6. The van der Waals surface area contributed by atoms with E-state index in [1.807, 2.05) is 50.2 Å². The molecule has 3 aromatic carbocycles. The first-order valence-corrected chi connectivity index (χ1v) is 13.7. The predicted molar refractivity (Wildman–Crippen MR) is 154 cm³/mol. The molecule has 0 saturated carbocycles. The molecule has 2 atom stereocenters. The van der Waals surface area contributed by atoms with Crippen LogP contribution in [-0.4, -0.2) is 49.2 Å². The van der Waals surface area contributed by atoms with Crippen LogP contribution in [0.5, 0.6) is 5.75 Å². The largest absolute Gasteiger partial charge is 0.497 e. The van der Waals surface area contributed by atoms with Gasteiger partial charge in [-0.05, 0) is 101 Å². The van der Waals surface area contributed by atoms with Gasteiger partial charge in [0.1, 0.15) is 11.9 Å². The van der Waals surface area contributed by atoms with Gasteiger partial charge in [0.05, 0.1) is 36.7 Å². The SMILES string of the molecule is CCOC(=O)c1ccc2c(c1)NC(C1CCCCN1C(=O)c1c(C)cc(C)cc1C)N2c1ccc(OC)cc1. The van der Waals surface area contributed by atoms with Crippen molar-refractivity contribution in [3.05, 3.63) is 82.4 Å². The second kappa shape index (κ2) is 11.0. The molecule has 2 aliphatic rings. The highest BCUT2D eigenvalue weighted by Crippen LogP contribution is 2.44. The number of nitrogens with one attached hydrogen (secondary N) is 1. The first-order valence-electron chi connectivity index (χ1n) is 13.7. The van der Waals surface area contributed by atoms with E-state index in [2.05, 4.69) is 34.2 Å². The van der Waals surface area contributed by atoms with Gasteiger partial charge in [0.2, 0.25) is 0 Å². The quantitative estimate of drug-likeness (QED) is 0.375. The van der Waals surface area contributed by atoms with Crippen molar-refractivity contribution < 1.29 is 19.1 Å². The number of esters is 1. The number of benzene rings is 3. The fourth-order valence-corrected chi connectivity index (χ4v) is 6.09. The summed E-state index contributed by atoms with van der Waals surface area (Å²) in [7, 11) is 1.65. The van der Waals surface area contributed by atoms with E-state index in [1.165, 1.54) is 0 Å².